The third-order valence-electron chi connectivity index (χ3n) is 1.50. The number of methoxy groups -OCH3 is 1. The average molecular weight is 183 g/mol. The number of hydrogen-bond donors (Lipinski definition) is 1. The average Bonchev–Trinajstić information content (AvgIpc) is 2.03. The Morgan fingerprint density at radius 1 is 1.50 bits per heavy atom. The molecule has 0 amide bonds. The molecule has 1 aromatic rings. The monoisotopic (exact) mass is 183 g/mol. The molecule has 2 nitrogen and oxygen atoms in total. The fraction of sp³-hybridized carbons (Fsp3) is 0.333. The second kappa shape index (κ2) is 4.38. The highest BCUT2D eigenvalue weighted by Gasteiger charge is 1.98. The van der Waals surface area contributed by atoms with E-state index in [-0.39, 0.29) is 0 Å². The summed E-state index contributed by atoms with van der Waals surface area (Å²) in [6.45, 7) is 2.03. The van der Waals surface area contributed by atoms with Gasteiger partial charge in [-0.1, -0.05) is 17.8 Å². The molecular weight excluding hydrogens is 170 g/mol. The highest BCUT2D eigenvalue weighted by molar-refractivity contribution is 7.99. The van der Waals surface area contributed by atoms with Crippen molar-refractivity contribution in [2.24, 2.45) is 0 Å². The van der Waals surface area contributed by atoms with Gasteiger partial charge in [0.2, 0.25) is 0 Å². The third kappa shape index (κ3) is 2.43. The number of thioether (sulfide) groups is 1. The zero-order chi connectivity index (χ0) is 8.97. The van der Waals surface area contributed by atoms with Crippen molar-refractivity contribution in [3.8, 4) is 0 Å². The molecule has 0 heterocycles. The predicted molar refractivity (Wildman–Crippen MR) is 53.3 cm³/mol. The fourth-order valence-electron chi connectivity index (χ4n) is 0.922. The van der Waals surface area contributed by atoms with Gasteiger partial charge in [-0.25, -0.2) is 0 Å². The molecule has 0 saturated heterocycles. The van der Waals surface area contributed by atoms with Crippen LogP contribution in [0, 0.1) is 6.92 Å². The van der Waals surface area contributed by atoms with Gasteiger partial charge in [-0.15, -0.1) is 0 Å². The van der Waals surface area contributed by atoms with E-state index in [1.807, 2.05) is 25.1 Å². The molecule has 0 atom stereocenters. The molecule has 0 radical (unpaired) electrons. The Bertz CT molecular complexity index is 263. The number of rotatable bonds is 3. The molecular formula is C9H13NOS. The van der Waals surface area contributed by atoms with Crippen LogP contribution < -0.4 is 5.73 Å². The first kappa shape index (κ1) is 9.42. The Kier molecular flexibility index (Phi) is 3.44. The van der Waals surface area contributed by atoms with Crippen molar-refractivity contribution >= 4 is 17.4 Å². The quantitative estimate of drug-likeness (QED) is 0.443. The topological polar surface area (TPSA) is 35.2 Å². The third-order valence-corrected chi connectivity index (χ3v) is 2.53. The summed E-state index contributed by atoms with van der Waals surface area (Å²) < 4.78 is 4.94. The summed E-state index contributed by atoms with van der Waals surface area (Å²) in [6.07, 6.45) is 0. The van der Waals surface area contributed by atoms with Crippen molar-refractivity contribution in [3.63, 3.8) is 0 Å². The van der Waals surface area contributed by atoms with Crippen molar-refractivity contribution in [2.45, 2.75) is 11.8 Å². The molecule has 0 saturated carbocycles. The number of aryl methyl sites for hydroxylation is 1. The molecule has 1 aromatic carbocycles. The van der Waals surface area contributed by atoms with Gasteiger partial charge in [0.1, 0.15) is 0 Å². The van der Waals surface area contributed by atoms with Crippen LogP contribution in [0.5, 0.6) is 0 Å². The minimum absolute atomic E-state index is 0.646. The molecule has 0 aromatic heterocycles. The van der Waals surface area contributed by atoms with Crippen molar-refractivity contribution in [1.29, 1.82) is 0 Å². The van der Waals surface area contributed by atoms with Crippen LogP contribution in [0.4, 0.5) is 5.69 Å². The highest BCUT2D eigenvalue weighted by Crippen LogP contribution is 2.25. The summed E-state index contributed by atoms with van der Waals surface area (Å²) in [5.41, 5.74) is 7.81. The number of nitrogen functional groups attached to an aromatic ring is 1. The Morgan fingerprint density at radius 2 is 2.25 bits per heavy atom. The van der Waals surface area contributed by atoms with E-state index in [2.05, 4.69) is 0 Å². The minimum Gasteiger partial charge on any atom is -0.398 e. The molecule has 2 N–H and O–H groups in total. The fourth-order valence-corrected chi connectivity index (χ4v) is 1.56. The van der Waals surface area contributed by atoms with Crippen LogP contribution in [0.2, 0.25) is 0 Å². The van der Waals surface area contributed by atoms with Crippen molar-refractivity contribution in [3.05, 3.63) is 23.8 Å². The van der Waals surface area contributed by atoms with Crippen LogP contribution >= 0.6 is 11.8 Å². The van der Waals surface area contributed by atoms with E-state index in [4.69, 9.17) is 10.5 Å². The zero-order valence-electron chi connectivity index (χ0n) is 7.33. The van der Waals surface area contributed by atoms with E-state index in [0.717, 1.165) is 10.6 Å². The first-order valence-electron chi connectivity index (χ1n) is 3.72. The second-order valence-electron chi connectivity index (χ2n) is 2.59. The first-order valence-corrected chi connectivity index (χ1v) is 4.70. The Morgan fingerprint density at radius 3 is 2.83 bits per heavy atom. The molecule has 1 rings (SSSR count). The Balaban J connectivity index is 2.72. The van der Waals surface area contributed by atoms with Gasteiger partial charge in [0.05, 0.1) is 5.94 Å². The molecule has 66 valence electrons. The van der Waals surface area contributed by atoms with Crippen molar-refractivity contribution < 1.29 is 4.74 Å². The summed E-state index contributed by atoms with van der Waals surface area (Å²) in [4.78, 5) is 1.09. The molecule has 3 heteroatoms. The van der Waals surface area contributed by atoms with Gasteiger partial charge in [-0.3, -0.25) is 0 Å². The summed E-state index contributed by atoms with van der Waals surface area (Å²) in [5.74, 6) is 0.646. The standard InChI is InChI=1S/C9H13NOS/c1-7-3-4-9(8(10)5-7)12-6-11-2/h3-5H,6,10H2,1-2H3. The van der Waals surface area contributed by atoms with Crippen molar-refractivity contribution in [1.82, 2.24) is 0 Å². The molecule has 0 aliphatic rings. The molecule has 0 bridgehead atoms. The largest absolute Gasteiger partial charge is 0.398 e. The number of benzene rings is 1. The van der Waals surface area contributed by atoms with Crippen LogP contribution in [0.1, 0.15) is 5.56 Å². The van der Waals surface area contributed by atoms with E-state index in [0.29, 0.717) is 5.94 Å². The maximum absolute atomic E-state index is 5.79. The van der Waals surface area contributed by atoms with Gasteiger partial charge in [0.15, 0.2) is 0 Å². The first-order chi connectivity index (χ1) is 5.74. The lowest BCUT2D eigenvalue weighted by Crippen LogP contribution is -1.90. The predicted octanol–water partition coefficient (Wildman–Crippen LogP) is 2.27. The van der Waals surface area contributed by atoms with Gasteiger partial charge < -0.3 is 10.5 Å². The number of ether oxygens (including phenoxy) is 1. The molecule has 0 aliphatic heterocycles. The Labute approximate surface area is 77.1 Å². The maximum Gasteiger partial charge on any atom is 0.0963 e. The summed E-state index contributed by atoms with van der Waals surface area (Å²) in [6, 6.07) is 6.04. The smallest absolute Gasteiger partial charge is 0.0963 e. The SMILES string of the molecule is COCSc1ccc(C)cc1N. The van der Waals surface area contributed by atoms with E-state index in [1.165, 1.54) is 5.56 Å². The van der Waals surface area contributed by atoms with Crippen LogP contribution in [0.15, 0.2) is 23.1 Å². The van der Waals surface area contributed by atoms with Gasteiger partial charge in [-0.2, -0.15) is 0 Å². The summed E-state index contributed by atoms with van der Waals surface area (Å²) >= 11 is 1.61. The van der Waals surface area contributed by atoms with Crippen molar-refractivity contribution in [2.75, 3.05) is 18.8 Å². The number of hydrogen-bond acceptors (Lipinski definition) is 3. The molecule has 12 heavy (non-hydrogen) atoms. The Hall–Kier alpha value is -0.670. The van der Waals surface area contributed by atoms with E-state index < -0.39 is 0 Å². The number of anilines is 1. The maximum atomic E-state index is 5.79. The van der Waals surface area contributed by atoms with E-state index in [9.17, 15) is 0 Å². The lowest BCUT2D eigenvalue weighted by Gasteiger charge is -2.04. The second-order valence-corrected chi connectivity index (χ2v) is 3.56. The van der Waals surface area contributed by atoms with Gasteiger partial charge in [0, 0.05) is 17.7 Å². The summed E-state index contributed by atoms with van der Waals surface area (Å²) in [7, 11) is 1.68. The summed E-state index contributed by atoms with van der Waals surface area (Å²) in [5, 5.41) is 0. The van der Waals surface area contributed by atoms with Crippen LogP contribution in [-0.4, -0.2) is 13.0 Å². The molecule has 0 unspecified atom stereocenters. The number of nitrogens with two attached hydrogens (primary N) is 1. The molecule has 0 spiro atoms. The van der Waals surface area contributed by atoms with Crippen LogP contribution in [0.25, 0.3) is 0 Å². The van der Waals surface area contributed by atoms with E-state index in [1.54, 1.807) is 18.9 Å². The highest BCUT2D eigenvalue weighted by atomic mass is 32.2. The molecule has 0 aliphatic carbocycles. The zero-order valence-corrected chi connectivity index (χ0v) is 8.15. The molecule has 0 fully saturated rings. The lowest BCUT2D eigenvalue weighted by molar-refractivity contribution is 0.259. The van der Waals surface area contributed by atoms with Gasteiger partial charge in [-0.05, 0) is 24.6 Å². The van der Waals surface area contributed by atoms with E-state index >= 15 is 0 Å². The minimum atomic E-state index is 0.646. The van der Waals surface area contributed by atoms with Crippen LogP contribution in [-0.2, 0) is 4.74 Å². The van der Waals surface area contributed by atoms with Gasteiger partial charge >= 0.3 is 0 Å². The van der Waals surface area contributed by atoms with Crippen LogP contribution in [0.3, 0.4) is 0 Å². The normalized spacial score (nSPS) is 10.2. The van der Waals surface area contributed by atoms with Gasteiger partial charge in [0.25, 0.3) is 0 Å². The lowest BCUT2D eigenvalue weighted by atomic mass is 10.2.